The highest BCUT2D eigenvalue weighted by Gasteiger charge is 2.73. The Morgan fingerprint density at radius 1 is 1.50 bits per heavy atom. The third-order valence-corrected chi connectivity index (χ3v) is 5.25. The Labute approximate surface area is 95.5 Å². The zero-order valence-corrected chi connectivity index (χ0v) is 9.61. The first-order valence-corrected chi connectivity index (χ1v) is 6.26. The number of methoxy groups -OCH3 is 1. The molecule has 1 spiro atoms. The van der Waals surface area contributed by atoms with Gasteiger partial charge in [0.25, 0.3) is 0 Å². The third kappa shape index (κ3) is 0.717. The Morgan fingerprint density at radius 2 is 2.38 bits per heavy atom. The maximum Gasteiger partial charge on any atom is 0.178 e. The molecule has 4 aliphatic rings. The number of rotatable bonds is 2. The molecule has 4 atom stereocenters. The topological polar surface area (TPSA) is 30.8 Å². The fraction of sp³-hybridized carbons (Fsp3) is 0.769. The van der Waals surface area contributed by atoms with Crippen molar-refractivity contribution >= 4 is 5.71 Å². The fourth-order valence-electron chi connectivity index (χ4n) is 4.70. The van der Waals surface area contributed by atoms with Gasteiger partial charge in [0.05, 0.1) is 17.7 Å². The van der Waals surface area contributed by atoms with Gasteiger partial charge in [0.2, 0.25) is 0 Å². The van der Waals surface area contributed by atoms with E-state index in [2.05, 4.69) is 17.3 Å². The zero-order valence-electron chi connectivity index (χ0n) is 9.61. The lowest BCUT2D eigenvalue weighted by Crippen LogP contribution is -2.54. The van der Waals surface area contributed by atoms with Crippen molar-refractivity contribution < 1.29 is 9.57 Å². The fourth-order valence-corrected chi connectivity index (χ4v) is 4.70. The molecule has 4 rings (SSSR count). The van der Waals surface area contributed by atoms with Crippen LogP contribution in [0.25, 0.3) is 0 Å². The van der Waals surface area contributed by atoms with Crippen LogP contribution in [0.3, 0.4) is 0 Å². The molecule has 0 aromatic heterocycles. The second kappa shape index (κ2) is 2.70. The molecule has 0 aromatic rings. The van der Waals surface area contributed by atoms with Crippen molar-refractivity contribution in [1.29, 1.82) is 0 Å². The lowest BCUT2D eigenvalue weighted by Gasteiger charge is -2.42. The first-order valence-electron chi connectivity index (χ1n) is 6.26. The van der Waals surface area contributed by atoms with Crippen molar-refractivity contribution in [1.82, 2.24) is 0 Å². The number of fused-ring (bicyclic) bond motifs is 3. The van der Waals surface area contributed by atoms with E-state index in [1.165, 1.54) is 25.0 Å². The van der Waals surface area contributed by atoms with Gasteiger partial charge in [0.15, 0.2) is 5.60 Å². The van der Waals surface area contributed by atoms with Gasteiger partial charge in [-0.05, 0) is 31.6 Å². The lowest BCUT2D eigenvalue weighted by atomic mass is 9.64. The molecule has 0 amide bonds. The Morgan fingerprint density at radius 3 is 3.25 bits per heavy atom. The predicted octanol–water partition coefficient (Wildman–Crippen LogP) is 2.13. The van der Waals surface area contributed by atoms with Gasteiger partial charge < -0.3 is 9.57 Å². The van der Waals surface area contributed by atoms with E-state index in [0.29, 0.717) is 18.4 Å². The third-order valence-electron chi connectivity index (χ3n) is 5.25. The second-order valence-electron chi connectivity index (χ2n) is 5.61. The van der Waals surface area contributed by atoms with Crippen molar-refractivity contribution in [3.63, 3.8) is 0 Å². The van der Waals surface area contributed by atoms with Gasteiger partial charge in [-0.25, -0.2) is 0 Å². The maximum atomic E-state index is 5.91. The molecular formula is C13H17NO2. The predicted molar refractivity (Wildman–Crippen MR) is 60.1 cm³/mol. The number of oxime groups is 1. The molecule has 16 heavy (non-hydrogen) atoms. The Kier molecular flexibility index (Phi) is 1.56. The molecule has 2 fully saturated rings. The van der Waals surface area contributed by atoms with E-state index in [4.69, 9.17) is 9.57 Å². The molecule has 4 unspecified atom stereocenters. The summed E-state index contributed by atoms with van der Waals surface area (Å²) in [5, 5.41) is 4.40. The van der Waals surface area contributed by atoms with Crippen LogP contribution in [0.1, 0.15) is 25.7 Å². The summed E-state index contributed by atoms with van der Waals surface area (Å²) < 4.78 is 5.45. The number of ether oxygens (including phenoxy) is 1. The first kappa shape index (κ1) is 9.23. The zero-order chi connectivity index (χ0) is 10.8. The van der Waals surface area contributed by atoms with Crippen LogP contribution in [0.5, 0.6) is 0 Å². The standard InChI is InChI=1S/C13H17NO2/c1-15-8-13-10-5-4-9(7-10)12(13)6-2-3-11(12)14-16-13/h4-5,9-10H,2-3,6-8H2,1H3. The molecule has 0 aromatic carbocycles. The van der Waals surface area contributed by atoms with Gasteiger partial charge >= 0.3 is 0 Å². The second-order valence-corrected chi connectivity index (χ2v) is 5.61. The minimum absolute atomic E-state index is 0.160. The number of hydrogen-bond donors (Lipinski definition) is 0. The summed E-state index contributed by atoms with van der Waals surface area (Å²) in [5.41, 5.74) is 1.36. The largest absolute Gasteiger partial charge is 0.385 e. The number of allylic oxidation sites excluding steroid dienone is 1. The summed E-state index contributed by atoms with van der Waals surface area (Å²) in [6.07, 6.45) is 9.59. The highest BCUT2D eigenvalue weighted by atomic mass is 16.7. The van der Waals surface area contributed by atoms with Crippen LogP contribution in [-0.4, -0.2) is 25.0 Å². The van der Waals surface area contributed by atoms with E-state index in [1.807, 2.05) is 0 Å². The van der Waals surface area contributed by atoms with E-state index in [1.54, 1.807) is 7.11 Å². The molecule has 0 N–H and O–H groups in total. The Balaban J connectivity index is 1.89. The van der Waals surface area contributed by atoms with E-state index in [9.17, 15) is 0 Å². The van der Waals surface area contributed by atoms with Crippen LogP contribution >= 0.6 is 0 Å². The van der Waals surface area contributed by atoms with Crippen molar-refractivity contribution in [2.75, 3.05) is 13.7 Å². The molecule has 0 saturated heterocycles. The Bertz CT molecular complexity index is 403. The van der Waals surface area contributed by atoms with E-state index >= 15 is 0 Å². The molecule has 1 aliphatic heterocycles. The van der Waals surface area contributed by atoms with Crippen LogP contribution in [0.2, 0.25) is 0 Å². The van der Waals surface area contributed by atoms with Crippen molar-refractivity contribution in [3.05, 3.63) is 12.2 Å². The smallest absolute Gasteiger partial charge is 0.178 e. The monoisotopic (exact) mass is 219 g/mol. The minimum atomic E-state index is -0.160. The lowest BCUT2D eigenvalue weighted by molar-refractivity contribution is -0.131. The average molecular weight is 219 g/mol. The molecule has 3 aliphatic carbocycles. The van der Waals surface area contributed by atoms with Gasteiger partial charge in [-0.15, -0.1) is 0 Å². The highest BCUT2D eigenvalue weighted by Crippen LogP contribution is 2.67. The van der Waals surface area contributed by atoms with Crippen molar-refractivity contribution in [3.8, 4) is 0 Å². The summed E-state index contributed by atoms with van der Waals surface area (Å²) in [4.78, 5) is 5.91. The minimum Gasteiger partial charge on any atom is -0.385 e. The molecular weight excluding hydrogens is 202 g/mol. The van der Waals surface area contributed by atoms with Crippen LogP contribution < -0.4 is 0 Å². The average Bonchev–Trinajstić information content (AvgIpc) is 2.94. The molecule has 86 valence electrons. The van der Waals surface area contributed by atoms with Crippen LogP contribution in [-0.2, 0) is 9.57 Å². The molecule has 3 nitrogen and oxygen atoms in total. The van der Waals surface area contributed by atoms with Crippen LogP contribution in [0.4, 0.5) is 0 Å². The quantitative estimate of drug-likeness (QED) is 0.666. The van der Waals surface area contributed by atoms with E-state index in [0.717, 1.165) is 6.42 Å². The number of nitrogens with zero attached hydrogens (tertiary/aromatic N) is 1. The van der Waals surface area contributed by atoms with Gasteiger partial charge in [0, 0.05) is 13.0 Å². The van der Waals surface area contributed by atoms with Gasteiger partial charge in [0.1, 0.15) is 0 Å². The molecule has 2 saturated carbocycles. The van der Waals surface area contributed by atoms with E-state index < -0.39 is 0 Å². The summed E-state index contributed by atoms with van der Waals surface area (Å²) in [6.45, 7) is 0.686. The normalized spacial score (nSPS) is 51.4. The highest BCUT2D eigenvalue weighted by molar-refractivity contribution is 5.95. The van der Waals surface area contributed by atoms with Crippen molar-refractivity contribution in [2.45, 2.75) is 31.3 Å². The molecule has 3 heteroatoms. The van der Waals surface area contributed by atoms with Crippen LogP contribution in [0.15, 0.2) is 17.3 Å². The summed E-state index contributed by atoms with van der Waals surface area (Å²) in [6, 6.07) is 0. The van der Waals surface area contributed by atoms with Crippen LogP contribution in [0, 0.1) is 17.3 Å². The summed E-state index contributed by atoms with van der Waals surface area (Å²) in [7, 11) is 1.77. The molecule has 1 heterocycles. The first-order chi connectivity index (χ1) is 7.83. The van der Waals surface area contributed by atoms with Gasteiger partial charge in [-0.2, -0.15) is 0 Å². The van der Waals surface area contributed by atoms with Crippen molar-refractivity contribution in [2.24, 2.45) is 22.4 Å². The van der Waals surface area contributed by atoms with Gasteiger partial charge in [-0.1, -0.05) is 17.3 Å². The summed E-state index contributed by atoms with van der Waals surface area (Å²) >= 11 is 0. The van der Waals surface area contributed by atoms with Gasteiger partial charge in [-0.3, -0.25) is 0 Å². The molecule has 0 radical (unpaired) electrons. The Hall–Kier alpha value is -0.830. The maximum absolute atomic E-state index is 5.91. The van der Waals surface area contributed by atoms with E-state index in [-0.39, 0.29) is 11.0 Å². The summed E-state index contributed by atoms with van der Waals surface area (Å²) in [5.74, 6) is 1.16. The SMILES string of the molecule is COCC12ON=C3CCCC31C1C=CC2C1. The molecule has 2 bridgehead atoms. The number of hydrogen-bond acceptors (Lipinski definition) is 3.